The topological polar surface area (TPSA) is 89.9 Å². The predicted molar refractivity (Wildman–Crippen MR) is 63.5 cm³/mol. The van der Waals surface area contributed by atoms with Crippen molar-refractivity contribution in [2.24, 2.45) is 0 Å². The van der Waals surface area contributed by atoms with Crippen molar-refractivity contribution < 1.29 is 71.1 Å². The van der Waals surface area contributed by atoms with Crippen LogP contribution in [0.15, 0.2) is 0 Å². The van der Waals surface area contributed by atoms with E-state index in [1.165, 1.54) is 0 Å². The lowest BCUT2D eigenvalue weighted by atomic mass is 10.3. The quantitative estimate of drug-likeness (QED) is 0.253. The van der Waals surface area contributed by atoms with Crippen LogP contribution < -0.4 is 0 Å². The molecule has 0 heterocycles. The summed E-state index contributed by atoms with van der Waals surface area (Å²) in [6, 6.07) is 0. The van der Waals surface area contributed by atoms with E-state index < -0.39 is 71.8 Å². The van der Waals surface area contributed by atoms with E-state index in [2.05, 4.69) is 9.47 Å². The van der Waals surface area contributed by atoms with E-state index in [4.69, 9.17) is 4.55 Å². The molecule has 17 heteroatoms. The fourth-order valence-electron chi connectivity index (χ4n) is 1.39. The Morgan fingerprint density at radius 1 is 0.963 bits per heavy atom. The number of ether oxygens (including phenoxy) is 2. The van der Waals surface area contributed by atoms with Crippen LogP contribution in [0.4, 0.5) is 43.9 Å². The van der Waals surface area contributed by atoms with Gasteiger partial charge in [0.2, 0.25) is 6.10 Å². The number of halogens is 10. The molecule has 0 bridgehead atoms. The summed E-state index contributed by atoms with van der Waals surface area (Å²) >= 11 is 0. The highest BCUT2D eigenvalue weighted by Crippen LogP contribution is 2.38. The summed E-state index contributed by atoms with van der Waals surface area (Å²) in [5, 5.41) is -5.98. The highest BCUT2D eigenvalue weighted by atomic mass is 32.2. The van der Waals surface area contributed by atoms with Gasteiger partial charge >= 0.3 is 33.7 Å². The standard InChI is InChI=1S/C10H10F10O6S/c11-6(12)5(8(13,14)15)25-3-1-2-4(21)26-7(9(16,17)18)10(19,20)27(22,23)24/h5-7H,1-3H2,(H,22,23,24). The Morgan fingerprint density at radius 3 is 1.78 bits per heavy atom. The molecule has 162 valence electrons. The fourth-order valence-corrected chi connectivity index (χ4v) is 1.84. The first-order valence-corrected chi connectivity index (χ1v) is 7.83. The molecule has 0 rings (SSSR count). The van der Waals surface area contributed by atoms with Crippen LogP contribution in [0.1, 0.15) is 12.8 Å². The molecule has 0 saturated carbocycles. The zero-order valence-electron chi connectivity index (χ0n) is 12.5. The van der Waals surface area contributed by atoms with Crippen molar-refractivity contribution in [3.8, 4) is 0 Å². The Bertz CT molecular complexity index is 599. The summed E-state index contributed by atoms with van der Waals surface area (Å²) in [5.41, 5.74) is 0. The van der Waals surface area contributed by atoms with Crippen molar-refractivity contribution in [1.29, 1.82) is 0 Å². The molecule has 0 aromatic rings. The molecule has 0 amide bonds. The number of esters is 1. The molecule has 6 nitrogen and oxygen atoms in total. The van der Waals surface area contributed by atoms with Crippen molar-refractivity contribution in [3.63, 3.8) is 0 Å². The van der Waals surface area contributed by atoms with E-state index in [-0.39, 0.29) is 0 Å². The van der Waals surface area contributed by atoms with Gasteiger partial charge < -0.3 is 9.47 Å². The third kappa shape index (κ3) is 7.65. The summed E-state index contributed by atoms with van der Waals surface area (Å²) in [6.45, 7) is -1.24. The Morgan fingerprint density at radius 2 is 1.44 bits per heavy atom. The molecule has 0 saturated heterocycles. The lowest BCUT2D eigenvalue weighted by Gasteiger charge is -2.26. The maximum atomic E-state index is 13.1. The second-order valence-electron chi connectivity index (χ2n) is 4.72. The molecule has 2 unspecified atom stereocenters. The monoisotopic (exact) mass is 448 g/mol. The minimum atomic E-state index is -6.66. The first-order chi connectivity index (χ1) is 11.8. The van der Waals surface area contributed by atoms with Gasteiger partial charge in [0.1, 0.15) is 0 Å². The molecule has 0 aliphatic rings. The van der Waals surface area contributed by atoms with Crippen LogP contribution in [0, 0.1) is 0 Å². The predicted octanol–water partition coefficient (Wildman–Crippen LogP) is 2.93. The second-order valence-corrected chi connectivity index (χ2v) is 6.21. The zero-order chi connectivity index (χ0) is 21.8. The summed E-state index contributed by atoms with van der Waals surface area (Å²) in [7, 11) is -6.66. The van der Waals surface area contributed by atoms with Gasteiger partial charge in [0.25, 0.3) is 12.5 Å². The summed E-state index contributed by atoms with van der Waals surface area (Å²) in [6.07, 6.45) is -26.1. The molecule has 0 aliphatic carbocycles. The van der Waals surface area contributed by atoms with Crippen LogP contribution in [0.5, 0.6) is 0 Å². The maximum absolute atomic E-state index is 13.1. The van der Waals surface area contributed by atoms with E-state index in [0.29, 0.717) is 0 Å². The van der Waals surface area contributed by atoms with Crippen molar-refractivity contribution in [2.45, 2.75) is 49.1 Å². The Kier molecular flexibility index (Phi) is 8.32. The summed E-state index contributed by atoms with van der Waals surface area (Å²) in [5.74, 6) is -2.16. The van der Waals surface area contributed by atoms with Crippen LogP contribution in [-0.4, -0.2) is 61.8 Å². The summed E-state index contributed by atoms with van der Waals surface area (Å²) < 4.78 is 160. The number of carbonyl (C=O) groups excluding carboxylic acids is 1. The van der Waals surface area contributed by atoms with Gasteiger partial charge in [0, 0.05) is 13.0 Å². The van der Waals surface area contributed by atoms with Crippen molar-refractivity contribution >= 4 is 16.1 Å². The molecule has 0 spiro atoms. The van der Waals surface area contributed by atoms with E-state index in [0.717, 1.165) is 0 Å². The number of alkyl halides is 10. The molecule has 0 aromatic heterocycles. The molecule has 0 aliphatic heterocycles. The molecule has 27 heavy (non-hydrogen) atoms. The second kappa shape index (κ2) is 8.76. The van der Waals surface area contributed by atoms with Crippen LogP contribution >= 0.6 is 0 Å². The fraction of sp³-hybridized carbons (Fsp3) is 0.900. The van der Waals surface area contributed by atoms with Crippen LogP contribution in [0.25, 0.3) is 0 Å². The molecule has 2 atom stereocenters. The Labute approximate surface area is 144 Å². The number of hydrogen-bond donors (Lipinski definition) is 1. The molecule has 0 aromatic carbocycles. The normalized spacial score (nSPS) is 16.3. The molecular weight excluding hydrogens is 438 g/mol. The van der Waals surface area contributed by atoms with Gasteiger partial charge in [-0.1, -0.05) is 0 Å². The van der Waals surface area contributed by atoms with Crippen molar-refractivity contribution in [1.82, 2.24) is 0 Å². The minimum absolute atomic E-state index is 0.958. The third-order valence-electron chi connectivity index (χ3n) is 2.57. The lowest BCUT2D eigenvalue weighted by molar-refractivity contribution is -0.260. The van der Waals surface area contributed by atoms with Gasteiger partial charge in [0.15, 0.2) is 0 Å². The highest BCUT2D eigenvalue weighted by Gasteiger charge is 2.66. The SMILES string of the molecule is O=C(CCCOC(C(F)F)C(F)(F)F)OC(C(F)(F)F)C(F)(F)S(=O)(=O)O. The molecule has 0 radical (unpaired) electrons. The molecule has 1 N–H and O–H groups in total. The third-order valence-corrected chi connectivity index (χ3v) is 3.47. The maximum Gasteiger partial charge on any atom is 0.432 e. The molecular formula is C10H10F10O6S. The lowest BCUT2D eigenvalue weighted by Crippen LogP contribution is -2.52. The van der Waals surface area contributed by atoms with Crippen LogP contribution in [-0.2, 0) is 24.4 Å². The number of carbonyl (C=O) groups is 1. The smallest absolute Gasteiger partial charge is 0.432 e. The Balaban J connectivity index is 4.88. The van der Waals surface area contributed by atoms with Crippen LogP contribution in [0.3, 0.4) is 0 Å². The van der Waals surface area contributed by atoms with E-state index in [9.17, 15) is 57.1 Å². The van der Waals surface area contributed by atoms with Gasteiger partial charge in [-0.2, -0.15) is 43.5 Å². The van der Waals surface area contributed by atoms with E-state index in [1.54, 1.807) is 0 Å². The van der Waals surface area contributed by atoms with Gasteiger partial charge in [-0.3, -0.25) is 9.35 Å². The summed E-state index contributed by atoms with van der Waals surface area (Å²) in [4.78, 5) is 11.1. The van der Waals surface area contributed by atoms with Crippen LogP contribution in [0.2, 0.25) is 0 Å². The number of rotatable bonds is 9. The molecule has 0 fully saturated rings. The first-order valence-electron chi connectivity index (χ1n) is 6.39. The van der Waals surface area contributed by atoms with Gasteiger partial charge in [-0.25, -0.2) is 8.78 Å². The van der Waals surface area contributed by atoms with Crippen molar-refractivity contribution in [3.05, 3.63) is 0 Å². The van der Waals surface area contributed by atoms with Gasteiger partial charge in [-0.15, -0.1) is 0 Å². The Hall–Kier alpha value is -1.36. The zero-order valence-corrected chi connectivity index (χ0v) is 13.3. The number of hydrogen-bond acceptors (Lipinski definition) is 5. The van der Waals surface area contributed by atoms with Gasteiger partial charge in [0.05, 0.1) is 0 Å². The van der Waals surface area contributed by atoms with Crippen molar-refractivity contribution in [2.75, 3.05) is 6.61 Å². The van der Waals surface area contributed by atoms with E-state index in [1.807, 2.05) is 0 Å². The van der Waals surface area contributed by atoms with Gasteiger partial charge in [-0.05, 0) is 6.42 Å². The largest absolute Gasteiger partial charge is 0.445 e. The first kappa shape index (κ1) is 25.6. The minimum Gasteiger partial charge on any atom is -0.445 e. The average molecular weight is 448 g/mol. The highest BCUT2D eigenvalue weighted by molar-refractivity contribution is 7.86. The van der Waals surface area contributed by atoms with E-state index >= 15 is 0 Å². The average Bonchev–Trinajstić information content (AvgIpc) is 2.39.